The number of carbonyl (C=O) groups is 1. The zero-order valence-corrected chi connectivity index (χ0v) is 11.0. The molecule has 2 aromatic rings. The topological polar surface area (TPSA) is 42.2 Å². The van der Waals surface area contributed by atoms with Crippen molar-refractivity contribution in [2.75, 3.05) is 5.43 Å². The number of hydrogen-bond acceptors (Lipinski definition) is 2. The number of aromatic nitrogens is 1. The molecule has 4 heteroatoms. The van der Waals surface area contributed by atoms with Crippen molar-refractivity contribution in [1.82, 2.24) is 0 Å². The van der Waals surface area contributed by atoms with Gasteiger partial charge in [0.15, 0.2) is 0 Å². The Hall–Kier alpha value is -2.36. The van der Waals surface area contributed by atoms with Crippen LogP contribution in [-0.2, 0) is 0 Å². The van der Waals surface area contributed by atoms with E-state index in [1.807, 2.05) is 50.2 Å². The normalized spacial score (nSPS) is 10.3. The lowest BCUT2D eigenvalue weighted by Crippen LogP contribution is -2.49. The van der Waals surface area contributed by atoms with Crippen LogP contribution < -0.4 is 14.8 Å². The van der Waals surface area contributed by atoms with E-state index in [4.69, 9.17) is 4.74 Å². The molecule has 0 bridgehead atoms. The lowest BCUT2D eigenvalue weighted by molar-refractivity contribution is -0.648. The van der Waals surface area contributed by atoms with Gasteiger partial charge in [-0.05, 0) is 36.7 Å². The molecule has 0 atom stereocenters. The molecule has 1 amide bonds. The molecule has 2 rings (SSSR count). The molecule has 4 nitrogen and oxygen atoms in total. The molecule has 98 valence electrons. The van der Waals surface area contributed by atoms with Crippen LogP contribution in [0.15, 0.2) is 54.7 Å². The Kier molecular flexibility index (Phi) is 4.13. The Morgan fingerprint density at radius 2 is 1.79 bits per heavy atom. The van der Waals surface area contributed by atoms with Gasteiger partial charge in [0.25, 0.3) is 0 Å². The first-order chi connectivity index (χ1) is 9.16. The largest absolute Gasteiger partial charge is 0.440 e. The summed E-state index contributed by atoms with van der Waals surface area (Å²) in [4.78, 5) is 12.1. The lowest BCUT2D eigenvalue weighted by Gasteiger charge is -2.08. The molecule has 1 aromatic carbocycles. The van der Waals surface area contributed by atoms with Crippen molar-refractivity contribution >= 4 is 5.91 Å². The van der Waals surface area contributed by atoms with Gasteiger partial charge in [-0.3, -0.25) is 4.79 Å². The molecule has 0 radical (unpaired) electrons. The first-order valence-electron chi connectivity index (χ1n) is 6.20. The van der Waals surface area contributed by atoms with E-state index in [2.05, 4.69) is 5.43 Å². The van der Waals surface area contributed by atoms with Crippen LogP contribution >= 0.6 is 0 Å². The van der Waals surface area contributed by atoms with Crippen molar-refractivity contribution < 1.29 is 14.2 Å². The molecule has 0 aliphatic heterocycles. The Balaban J connectivity index is 2.17. The highest BCUT2D eigenvalue weighted by atomic mass is 16.5. The van der Waals surface area contributed by atoms with E-state index in [0.29, 0.717) is 11.4 Å². The van der Waals surface area contributed by atoms with E-state index in [-0.39, 0.29) is 12.0 Å². The van der Waals surface area contributed by atoms with Crippen LogP contribution in [0.1, 0.15) is 24.2 Å². The molecule has 0 aliphatic carbocycles. The van der Waals surface area contributed by atoms with Crippen LogP contribution in [0.2, 0.25) is 0 Å². The Labute approximate surface area is 112 Å². The van der Waals surface area contributed by atoms with Gasteiger partial charge >= 0.3 is 11.8 Å². The van der Waals surface area contributed by atoms with Gasteiger partial charge in [0.2, 0.25) is 6.20 Å². The summed E-state index contributed by atoms with van der Waals surface area (Å²) in [6.07, 6.45) is 1.79. The minimum absolute atomic E-state index is 0.0438. The predicted octanol–water partition coefficient (Wildman–Crippen LogP) is 2.15. The summed E-state index contributed by atoms with van der Waals surface area (Å²) in [5.41, 5.74) is 3.39. The molecule has 0 fully saturated rings. The lowest BCUT2D eigenvalue weighted by atomic mass is 10.2. The SMILES string of the molecule is CC(C)Oc1cccc[n+]1NC(=O)c1ccccc1. The molecule has 0 saturated heterocycles. The van der Waals surface area contributed by atoms with E-state index >= 15 is 0 Å². The average Bonchev–Trinajstić information content (AvgIpc) is 2.41. The summed E-state index contributed by atoms with van der Waals surface area (Å²) in [6.45, 7) is 3.88. The van der Waals surface area contributed by atoms with Crippen molar-refractivity contribution in [1.29, 1.82) is 0 Å². The molecule has 0 spiro atoms. The third-order valence-corrected chi connectivity index (χ3v) is 2.44. The number of nitrogens with one attached hydrogen (secondary N) is 1. The zero-order valence-electron chi connectivity index (χ0n) is 11.0. The van der Waals surface area contributed by atoms with Crippen molar-refractivity contribution in [3.05, 3.63) is 60.3 Å². The van der Waals surface area contributed by atoms with Gasteiger partial charge in [0.05, 0.1) is 12.2 Å². The molecular weight excluding hydrogens is 240 g/mol. The number of hydrogen-bond donors (Lipinski definition) is 1. The fourth-order valence-corrected chi connectivity index (χ4v) is 1.62. The fraction of sp³-hybridized carbons (Fsp3) is 0.200. The molecular formula is C15H17N2O2+. The smallest absolute Gasteiger partial charge is 0.397 e. The van der Waals surface area contributed by atoms with Crippen molar-refractivity contribution in [3.8, 4) is 5.88 Å². The summed E-state index contributed by atoms with van der Waals surface area (Å²) in [7, 11) is 0. The van der Waals surface area contributed by atoms with Crippen LogP contribution in [-0.4, -0.2) is 12.0 Å². The second kappa shape index (κ2) is 6.00. The Morgan fingerprint density at radius 1 is 1.11 bits per heavy atom. The number of ether oxygens (including phenoxy) is 1. The highest BCUT2D eigenvalue weighted by Crippen LogP contribution is 2.04. The number of rotatable bonds is 4. The van der Waals surface area contributed by atoms with E-state index in [1.54, 1.807) is 23.0 Å². The molecule has 19 heavy (non-hydrogen) atoms. The van der Waals surface area contributed by atoms with E-state index in [1.165, 1.54) is 0 Å². The standard InChI is InChI=1S/C15H16N2O2/c1-12(2)19-14-10-6-7-11-17(14)16-15(18)13-8-4-3-5-9-13/h3-12H,1-2H3/p+1. The van der Waals surface area contributed by atoms with Gasteiger partial charge in [-0.1, -0.05) is 18.2 Å². The minimum Gasteiger partial charge on any atom is -0.440 e. The highest BCUT2D eigenvalue weighted by Gasteiger charge is 2.16. The first kappa shape index (κ1) is 13.1. The third kappa shape index (κ3) is 3.55. The van der Waals surface area contributed by atoms with Crippen LogP contribution in [0.4, 0.5) is 0 Å². The van der Waals surface area contributed by atoms with Crippen molar-refractivity contribution in [2.24, 2.45) is 0 Å². The second-order valence-corrected chi connectivity index (χ2v) is 4.38. The Morgan fingerprint density at radius 3 is 2.47 bits per heavy atom. The van der Waals surface area contributed by atoms with Crippen LogP contribution in [0.5, 0.6) is 5.88 Å². The minimum atomic E-state index is -0.176. The maximum absolute atomic E-state index is 12.1. The van der Waals surface area contributed by atoms with Crippen LogP contribution in [0.3, 0.4) is 0 Å². The molecule has 1 N–H and O–H groups in total. The van der Waals surface area contributed by atoms with E-state index < -0.39 is 0 Å². The fourth-order valence-electron chi connectivity index (χ4n) is 1.62. The second-order valence-electron chi connectivity index (χ2n) is 4.38. The van der Waals surface area contributed by atoms with Crippen molar-refractivity contribution in [2.45, 2.75) is 20.0 Å². The van der Waals surface area contributed by atoms with E-state index in [9.17, 15) is 4.79 Å². The summed E-state index contributed by atoms with van der Waals surface area (Å²) in [5.74, 6) is 0.423. The highest BCUT2D eigenvalue weighted by molar-refractivity contribution is 5.98. The monoisotopic (exact) mass is 257 g/mol. The molecule has 1 heterocycles. The molecule has 0 unspecified atom stereocenters. The van der Waals surface area contributed by atoms with Gasteiger partial charge < -0.3 is 4.74 Å². The van der Waals surface area contributed by atoms with Gasteiger partial charge in [-0.25, -0.2) is 0 Å². The summed E-state index contributed by atoms with van der Waals surface area (Å²) in [6, 6.07) is 14.6. The van der Waals surface area contributed by atoms with Gasteiger partial charge in [0, 0.05) is 11.6 Å². The summed E-state index contributed by atoms with van der Waals surface area (Å²) in [5, 5.41) is 0. The third-order valence-electron chi connectivity index (χ3n) is 2.44. The quantitative estimate of drug-likeness (QED) is 0.853. The van der Waals surface area contributed by atoms with Crippen LogP contribution in [0.25, 0.3) is 0 Å². The summed E-state index contributed by atoms with van der Waals surface area (Å²) >= 11 is 0. The van der Waals surface area contributed by atoms with Gasteiger partial charge in [-0.2, -0.15) is 0 Å². The summed E-state index contributed by atoms with van der Waals surface area (Å²) < 4.78 is 7.21. The maximum Gasteiger partial charge on any atom is 0.397 e. The average molecular weight is 257 g/mol. The predicted molar refractivity (Wildman–Crippen MR) is 72.5 cm³/mol. The first-order valence-corrected chi connectivity index (χ1v) is 6.20. The van der Waals surface area contributed by atoms with Crippen LogP contribution in [0, 0.1) is 0 Å². The number of amides is 1. The zero-order chi connectivity index (χ0) is 13.7. The van der Waals surface area contributed by atoms with Gasteiger partial charge in [-0.15, -0.1) is 5.43 Å². The number of carbonyl (C=O) groups excluding carboxylic acids is 1. The molecule has 0 aliphatic rings. The Bertz CT molecular complexity index is 553. The number of nitrogens with zero attached hydrogens (tertiary/aromatic N) is 1. The maximum atomic E-state index is 12.1. The molecule has 1 aromatic heterocycles. The van der Waals surface area contributed by atoms with Gasteiger partial charge in [0.1, 0.15) is 0 Å². The molecule has 0 saturated carbocycles. The van der Waals surface area contributed by atoms with E-state index in [0.717, 1.165) is 0 Å². The van der Waals surface area contributed by atoms with Crippen molar-refractivity contribution in [3.63, 3.8) is 0 Å². The number of benzene rings is 1. The number of pyridine rings is 1.